The van der Waals surface area contributed by atoms with Gasteiger partial charge in [-0.2, -0.15) is 0 Å². The Morgan fingerprint density at radius 2 is 2.00 bits per heavy atom. The van der Waals surface area contributed by atoms with Gasteiger partial charge in [0.05, 0.1) is 5.25 Å². The van der Waals surface area contributed by atoms with Crippen molar-refractivity contribution in [1.82, 2.24) is 4.90 Å². The summed E-state index contributed by atoms with van der Waals surface area (Å²) in [6.45, 7) is 6.24. The molecule has 1 aliphatic rings. The molecule has 0 aliphatic carbocycles. The van der Waals surface area contributed by atoms with Crippen molar-refractivity contribution in [3.8, 4) is 0 Å². The Bertz CT molecular complexity index is 596. The zero-order chi connectivity index (χ0) is 16.3. The number of thiocarbonyl (C=S) groups is 1. The average Bonchev–Trinajstić information content (AvgIpc) is 2.75. The van der Waals surface area contributed by atoms with E-state index in [9.17, 15) is 9.59 Å². The lowest BCUT2D eigenvalue weighted by Crippen LogP contribution is -2.34. The van der Waals surface area contributed by atoms with Gasteiger partial charge in [-0.15, -0.1) is 0 Å². The van der Waals surface area contributed by atoms with Crippen molar-refractivity contribution in [2.75, 3.05) is 11.9 Å². The van der Waals surface area contributed by atoms with Gasteiger partial charge in [0.2, 0.25) is 11.8 Å². The van der Waals surface area contributed by atoms with Gasteiger partial charge in [0.25, 0.3) is 0 Å². The van der Waals surface area contributed by atoms with Crippen LogP contribution in [0, 0.1) is 13.8 Å². The summed E-state index contributed by atoms with van der Waals surface area (Å²) in [6.07, 6.45) is 1.01. The maximum absolute atomic E-state index is 12.1. The van der Waals surface area contributed by atoms with Crippen molar-refractivity contribution < 1.29 is 9.59 Å². The predicted molar refractivity (Wildman–Crippen MR) is 95.1 cm³/mol. The fraction of sp³-hybridized carbons (Fsp3) is 0.438. The van der Waals surface area contributed by atoms with Gasteiger partial charge in [0, 0.05) is 18.7 Å². The molecule has 1 saturated heterocycles. The average molecular weight is 336 g/mol. The monoisotopic (exact) mass is 336 g/mol. The van der Waals surface area contributed by atoms with Crippen LogP contribution in [0.25, 0.3) is 0 Å². The maximum Gasteiger partial charge on any atom is 0.241 e. The first kappa shape index (κ1) is 17.0. The van der Waals surface area contributed by atoms with Crippen LogP contribution < -0.4 is 5.32 Å². The number of rotatable bonds is 5. The molecular formula is C16H20N2O2S2. The van der Waals surface area contributed by atoms with Crippen LogP contribution in [0.15, 0.2) is 18.2 Å². The fourth-order valence-corrected chi connectivity index (χ4v) is 3.86. The van der Waals surface area contributed by atoms with Crippen LogP contribution in [0.5, 0.6) is 0 Å². The molecule has 2 amide bonds. The third-order valence-corrected chi connectivity index (χ3v) is 5.43. The van der Waals surface area contributed by atoms with Gasteiger partial charge >= 0.3 is 0 Å². The smallest absolute Gasteiger partial charge is 0.241 e. The number of nitrogens with one attached hydrogen (secondary N) is 1. The van der Waals surface area contributed by atoms with Gasteiger partial charge in [-0.25, -0.2) is 0 Å². The van der Waals surface area contributed by atoms with Crippen LogP contribution in [0.4, 0.5) is 5.69 Å². The normalized spacial score (nSPS) is 18.0. The number of aryl methyl sites for hydroxylation is 2. The van der Waals surface area contributed by atoms with E-state index in [-0.39, 0.29) is 23.5 Å². The van der Waals surface area contributed by atoms with Gasteiger partial charge in [0.15, 0.2) is 0 Å². The molecule has 6 heteroatoms. The largest absolute Gasteiger partial charge is 0.326 e. The van der Waals surface area contributed by atoms with Crippen molar-refractivity contribution in [1.29, 1.82) is 0 Å². The summed E-state index contributed by atoms with van der Waals surface area (Å²) >= 11 is 6.64. The zero-order valence-corrected chi connectivity index (χ0v) is 14.6. The Morgan fingerprint density at radius 1 is 1.36 bits per heavy atom. The molecule has 1 atom stereocenters. The minimum Gasteiger partial charge on any atom is -0.326 e. The van der Waals surface area contributed by atoms with Crippen LogP contribution in [-0.2, 0) is 9.59 Å². The number of benzene rings is 1. The minimum absolute atomic E-state index is 0.0253. The van der Waals surface area contributed by atoms with Crippen LogP contribution in [0.3, 0.4) is 0 Å². The Balaban J connectivity index is 1.94. The van der Waals surface area contributed by atoms with Gasteiger partial charge in [-0.3, -0.25) is 14.5 Å². The topological polar surface area (TPSA) is 49.4 Å². The number of para-hydroxylation sites is 1. The molecule has 22 heavy (non-hydrogen) atoms. The van der Waals surface area contributed by atoms with E-state index in [2.05, 4.69) is 5.32 Å². The molecular weight excluding hydrogens is 316 g/mol. The van der Waals surface area contributed by atoms with Crippen LogP contribution in [-0.4, -0.2) is 32.8 Å². The van der Waals surface area contributed by atoms with E-state index in [0.717, 1.165) is 23.2 Å². The molecule has 0 saturated carbocycles. The molecule has 0 radical (unpaired) electrons. The molecule has 0 aromatic heterocycles. The first-order chi connectivity index (χ1) is 10.4. The molecule has 1 fully saturated rings. The molecule has 1 aliphatic heterocycles. The second-order valence-electron chi connectivity index (χ2n) is 5.34. The van der Waals surface area contributed by atoms with E-state index in [4.69, 9.17) is 12.2 Å². The van der Waals surface area contributed by atoms with Crippen molar-refractivity contribution in [3.63, 3.8) is 0 Å². The van der Waals surface area contributed by atoms with Crippen molar-refractivity contribution in [2.45, 2.75) is 38.9 Å². The van der Waals surface area contributed by atoms with Gasteiger partial charge in [0.1, 0.15) is 4.32 Å². The third-order valence-electron chi connectivity index (χ3n) is 3.68. The van der Waals surface area contributed by atoms with E-state index in [1.807, 2.05) is 39.0 Å². The predicted octanol–water partition coefficient (Wildman–Crippen LogP) is 3.27. The number of amides is 2. The Labute approximate surface area is 140 Å². The molecule has 1 unspecified atom stereocenters. The third kappa shape index (κ3) is 3.67. The van der Waals surface area contributed by atoms with Gasteiger partial charge < -0.3 is 5.32 Å². The summed E-state index contributed by atoms with van der Waals surface area (Å²) in [7, 11) is 0. The molecule has 1 N–H and O–H groups in total. The van der Waals surface area contributed by atoms with Crippen LogP contribution in [0.2, 0.25) is 0 Å². The van der Waals surface area contributed by atoms with Crippen molar-refractivity contribution in [3.05, 3.63) is 29.3 Å². The summed E-state index contributed by atoms with van der Waals surface area (Å²) in [5.74, 6) is -0.0738. The highest BCUT2D eigenvalue weighted by Crippen LogP contribution is 2.29. The molecule has 0 spiro atoms. The number of thioether (sulfide) groups is 1. The first-order valence-corrected chi connectivity index (χ1v) is 8.61. The number of hydrogen-bond acceptors (Lipinski definition) is 4. The summed E-state index contributed by atoms with van der Waals surface area (Å²) in [5, 5.41) is 2.84. The molecule has 118 valence electrons. The second kappa shape index (κ2) is 7.24. The maximum atomic E-state index is 12.1. The van der Waals surface area contributed by atoms with Crippen LogP contribution >= 0.6 is 24.0 Å². The van der Waals surface area contributed by atoms with Crippen molar-refractivity contribution in [2.24, 2.45) is 0 Å². The molecule has 1 aromatic carbocycles. The van der Waals surface area contributed by atoms with Gasteiger partial charge in [-0.1, -0.05) is 49.1 Å². The summed E-state index contributed by atoms with van der Waals surface area (Å²) in [5.41, 5.74) is 2.91. The number of nitrogens with zero attached hydrogens (tertiary/aromatic N) is 1. The molecule has 0 bridgehead atoms. The Hall–Kier alpha value is -1.40. The number of carbonyl (C=O) groups is 2. The van der Waals surface area contributed by atoms with Crippen molar-refractivity contribution >= 4 is 45.8 Å². The summed E-state index contributed by atoms with van der Waals surface area (Å²) < 4.78 is 0.580. The van der Waals surface area contributed by atoms with Crippen LogP contribution in [0.1, 0.15) is 30.9 Å². The van der Waals surface area contributed by atoms with E-state index in [1.54, 1.807) is 4.90 Å². The number of carbonyl (C=O) groups excluding carboxylic acids is 2. The lowest BCUT2D eigenvalue weighted by atomic mass is 10.1. The molecule has 1 aromatic rings. The summed E-state index contributed by atoms with van der Waals surface area (Å²) in [6, 6.07) is 5.89. The van der Waals surface area contributed by atoms with E-state index < -0.39 is 0 Å². The zero-order valence-electron chi connectivity index (χ0n) is 13.0. The minimum atomic E-state index is -0.0991. The molecule has 4 nitrogen and oxygen atoms in total. The standard InChI is InChI=1S/C16H20N2O2S2/c1-4-12-15(20)18(16(21)22-12)9-8-13(19)17-14-10(2)6-5-7-11(14)3/h5-7,12H,4,8-9H2,1-3H3,(H,17,19). The fourth-order valence-electron chi connectivity index (χ4n) is 2.39. The molecule has 1 heterocycles. The quantitative estimate of drug-likeness (QED) is 0.839. The highest BCUT2D eigenvalue weighted by molar-refractivity contribution is 8.24. The van der Waals surface area contributed by atoms with E-state index in [0.29, 0.717) is 10.9 Å². The highest BCUT2D eigenvalue weighted by atomic mass is 32.2. The second-order valence-corrected chi connectivity index (χ2v) is 7.17. The first-order valence-electron chi connectivity index (χ1n) is 7.32. The summed E-state index contributed by atoms with van der Waals surface area (Å²) in [4.78, 5) is 25.8. The lowest BCUT2D eigenvalue weighted by molar-refractivity contribution is -0.126. The Kier molecular flexibility index (Phi) is 5.58. The van der Waals surface area contributed by atoms with E-state index in [1.165, 1.54) is 11.8 Å². The molecule has 2 rings (SSSR count). The number of anilines is 1. The van der Waals surface area contributed by atoms with E-state index >= 15 is 0 Å². The highest BCUT2D eigenvalue weighted by Gasteiger charge is 2.35. The number of hydrogen-bond donors (Lipinski definition) is 1. The Morgan fingerprint density at radius 3 is 2.55 bits per heavy atom. The lowest BCUT2D eigenvalue weighted by Gasteiger charge is -2.16. The van der Waals surface area contributed by atoms with Gasteiger partial charge in [-0.05, 0) is 31.4 Å². The SMILES string of the molecule is CCC1SC(=S)N(CCC(=O)Nc2c(C)cccc2C)C1=O.